The summed E-state index contributed by atoms with van der Waals surface area (Å²) >= 11 is 0. The molecule has 0 atom stereocenters. The Labute approximate surface area is 359 Å². The SMILES string of the molecule is Cc1cc(O)c(NS(=O)(=O)c2cc(NS(=O)(=O)c3cccc(N=Nc4cc(S(=O)(=O)N5CCOCC5)c(O)c5cccc(NS(C)(=O)=O)c45)c3)ccc2N2CCOCC2)cc1C. The number of azo groups is 1. The van der Waals surface area contributed by atoms with Crippen LogP contribution in [-0.2, 0) is 49.6 Å². The zero-order chi connectivity index (χ0) is 44.6. The molecule has 330 valence electrons. The lowest BCUT2D eigenvalue weighted by atomic mass is 10.1. The van der Waals surface area contributed by atoms with Crippen molar-refractivity contribution < 1.29 is 53.4 Å². The van der Waals surface area contributed by atoms with Gasteiger partial charge in [-0.1, -0.05) is 18.2 Å². The molecule has 2 aliphatic heterocycles. The third-order valence-corrected chi connectivity index (χ3v) is 15.3. The molecule has 2 fully saturated rings. The summed E-state index contributed by atoms with van der Waals surface area (Å²) in [5.74, 6) is -0.934. The lowest BCUT2D eigenvalue weighted by Gasteiger charge is -2.30. The normalized spacial score (nSPS) is 15.8. The molecular formula is C39H43N7O12S4. The van der Waals surface area contributed by atoms with Crippen LogP contribution in [0.2, 0.25) is 0 Å². The van der Waals surface area contributed by atoms with Gasteiger partial charge >= 0.3 is 0 Å². The molecule has 5 aromatic rings. The Morgan fingerprint density at radius 1 is 0.645 bits per heavy atom. The number of rotatable bonds is 13. The first-order valence-corrected chi connectivity index (χ1v) is 25.2. The summed E-state index contributed by atoms with van der Waals surface area (Å²) in [6, 6.07) is 17.5. The van der Waals surface area contributed by atoms with Gasteiger partial charge in [-0.25, -0.2) is 33.7 Å². The van der Waals surface area contributed by atoms with Gasteiger partial charge in [0.05, 0.1) is 71.7 Å². The number of ether oxygens (including phenoxy) is 2. The molecule has 0 radical (unpaired) electrons. The first kappa shape index (κ1) is 44.5. The van der Waals surface area contributed by atoms with Crippen LogP contribution in [0, 0.1) is 13.8 Å². The molecule has 0 unspecified atom stereocenters. The molecule has 2 saturated heterocycles. The molecule has 5 aromatic carbocycles. The molecule has 2 aliphatic rings. The van der Waals surface area contributed by atoms with E-state index in [1.807, 2.05) is 0 Å². The number of sulfonamides is 4. The number of phenolic OH excluding ortho intramolecular Hbond substituents is 2. The van der Waals surface area contributed by atoms with Crippen LogP contribution < -0.4 is 19.1 Å². The van der Waals surface area contributed by atoms with Gasteiger partial charge in [0.2, 0.25) is 20.0 Å². The van der Waals surface area contributed by atoms with E-state index in [1.54, 1.807) is 18.7 Å². The smallest absolute Gasteiger partial charge is 0.264 e. The highest BCUT2D eigenvalue weighted by Crippen LogP contribution is 2.44. The Kier molecular flexibility index (Phi) is 12.4. The summed E-state index contributed by atoms with van der Waals surface area (Å²) in [4.78, 5) is 0.712. The average molecular weight is 930 g/mol. The second-order valence-corrected chi connectivity index (χ2v) is 21.5. The van der Waals surface area contributed by atoms with Crippen LogP contribution in [0.15, 0.2) is 104 Å². The van der Waals surface area contributed by atoms with Crippen molar-refractivity contribution in [3.8, 4) is 11.5 Å². The minimum atomic E-state index is -4.45. The van der Waals surface area contributed by atoms with Crippen LogP contribution >= 0.6 is 0 Å². The number of aryl methyl sites for hydroxylation is 2. The average Bonchev–Trinajstić information content (AvgIpc) is 3.22. The maximum atomic E-state index is 14.0. The Hall–Kier alpha value is -5.56. The summed E-state index contributed by atoms with van der Waals surface area (Å²) < 4.78 is 127. The fourth-order valence-electron chi connectivity index (χ4n) is 6.89. The van der Waals surface area contributed by atoms with E-state index in [0.29, 0.717) is 26.3 Å². The number of phenols is 2. The number of fused-ring (bicyclic) bond motifs is 1. The van der Waals surface area contributed by atoms with E-state index in [1.165, 1.54) is 72.8 Å². The van der Waals surface area contributed by atoms with Gasteiger partial charge in [0.25, 0.3) is 20.0 Å². The van der Waals surface area contributed by atoms with E-state index in [2.05, 4.69) is 24.4 Å². The Morgan fingerprint density at radius 2 is 1.31 bits per heavy atom. The van der Waals surface area contributed by atoms with E-state index in [4.69, 9.17) is 9.47 Å². The number of aromatic hydroxyl groups is 2. The van der Waals surface area contributed by atoms with Gasteiger partial charge in [0, 0.05) is 37.0 Å². The Balaban J connectivity index is 1.24. The van der Waals surface area contributed by atoms with E-state index < -0.39 is 50.7 Å². The van der Waals surface area contributed by atoms with Gasteiger partial charge in [-0.05, 0) is 85.6 Å². The zero-order valence-corrected chi connectivity index (χ0v) is 36.8. The molecular weight excluding hydrogens is 887 g/mol. The molecule has 0 saturated carbocycles. The van der Waals surface area contributed by atoms with Gasteiger partial charge in [-0.3, -0.25) is 14.2 Å². The van der Waals surface area contributed by atoms with Gasteiger partial charge in [0.1, 0.15) is 21.3 Å². The highest BCUT2D eigenvalue weighted by atomic mass is 32.2. The minimum absolute atomic E-state index is 0.0130. The lowest BCUT2D eigenvalue weighted by Crippen LogP contribution is -2.40. The molecule has 2 heterocycles. The maximum absolute atomic E-state index is 14.0. The van der Waals surface area contributed by atoms with Crippen LogP contribution in [0.25, 0.3) is 10.8 Å². The number of benzene rings is 5. The Bertz CT molecular complexity index is 3050. The molecule has 0 aromatic heterocycles. The summed E-state index contributed by atoms with van der Waals surface area (Å²) in [7, 11) is -17.1. The minimum Gasteiger partial charge on any atom is -0.506 e. The molecule has 62 heavy (non-hydrogen) atoms. The quantitative estimate of drug-likeness (QED) is 0.0760. The molecule has 7 rings (SSSR count). The maximum Gasteiger partial charge on any atom is 0.264 e. The largest absolute Gasteiger partial charge is 0.506 e. The monoisotopic (exact) mass is 929 g/mol. The molecule has 19 nitrogen and oxygen atoms in total. The Morgan fingerprint density at radius 3 is 2.00 bits per heavy atom. The second-order valence-electron chi connectivity index (χ2n) is 14.5. The number of anilines is 4. The van der Waals surface area contributed by atoms with Crippen LogP contribution in [0.3, 0.4) is 0 Å². The molecule has 0 aliphatic carbocycles. The summed E-state index contributed by atoms with van der Waals surface area (Å²) in [6.45, 7) is 5.24. The first-order chi connectivity index (χ1) is 29.2. The molecule has 0 amide bonds. The summed E-state index contributed by atoms with van der Waals surface area (Å²) in [6.07, 6.45) is 0.914. The van der Waals surface area contributed by atoms with Crippen molar-refractivity contribution in [2.24, 2.45) is 10.2 Å². The molecule has 23 heteroatoms. The lowest BCUT2D eigenvalue weighted by molar-refractivity contribution is 0.0730. The third kappa shape index (κ3) is 9.57. The van der Waals surface area contributed by atoms with E-state index in [0.717, 1.165) is 27.8 Å². The van der Waals surface area contributed by atoms with Crippen LogP contribution in [0.4, 0.5) is 34.1 Å². The molecule has 0 spiro atoms. The predicted molar refractivity (Wildman–Crippen MR) is 233 cm³/mol. The number of hydrogen-bond acceptors (Lipinski definition) is 15. The first-order valence-electron chi connectivity index (χ1n) is 18.9. The van der Waals surface area contributed by atoms with Crippen molar-refractivity contribution in [2.45, 2.75) is 28.5 Å². The van der Waals surface area contributed by atoms with E-state index >= 15 is 0 Å². The summed E-state index contributed by atoms with van der Waals surface area (Å²) in [5, 5.41) is 30.3. The molecule has 5 N–H and O–H groups in total. The number of hydrogen-bond donors (Lipinski definition) is 5. The molecule has 0 bridgehead atoms. The number of nitrogens with one attached hydrogen (secondary N) is 3. The zero-order valence-electron chi connectivity index (χ0n) is 33.6. The van der Waals surface area contributed by atoms with E-state index in [-0.39, 0.29) is 86.7 Å². The van der Waals surface area contributed by atoms with Crippen LogP contribution in [-0.4, -0.2) is 107 Å². The summed E-state index contributed by atoms with van der Waals surface area (Å²) in [5.41, 5.74) is 1.37. The van der Waals surface area contributed by atoms with E-state index in [9.17, 15) is 43.9 Å². The predicted octanol–water partition coefficient (Wildman–Crippen LogP) is 5.11. The van der Waals surface area contributed by atoms with Crippen molar-refractivity contribution in [1.82, 2.24) is 4.31 Å². The highest BCUT2D eigenvalue weighted by molar-refractivity contribution is 7.93. The van der Waals surface area contributed by atoms with Gasteiger partial charge in [-0.2, -0.15) is 9.42 Å². The highest BCUT2D eigenvalue weighted by Gasteiger charge is 2.32. The van der Waals surface area contributed by atoms with Crippen molar-refractivity contribution in [3.63, 3.8) is 0 Å². The van der Waals surface area contributed by atoms with Gasteiger partial charge < -0.3 is 24.6 Å². The van der Waals surface area contributed by atoms with Crippen LogP contribution in [0.1, 0.15) is 11.1 Å². The van der Waals surface area contributed by atoms with Gasteiger partial charge in [-0.15, -0.1) is 5.11 Å². The standard InChI is InChI=1S/C39H43N7O12S4/c1-25-20-32(35(47)21-26(25)2)44-61(53,54)36-23-28(10-11-34(36)45-12-16-57-17-13-45)42-60(51,52)29-7-4-6-27(22-29)40-41-33-24-37(62(55,56)46-14-18-58-19-15-46)39(48)30-8-5-9-31(38(30)33)43-59(3,49)50/h4-11,20-24,42-44,47-48H,12-19H2,1-3H3. The number of nitrogens with zero attached hydrogens (tertiary/aromatic N) is 4. The fraction of sp³-hybridized carbons (Fsp3) is 0.282. The van der Waals surface area contributed by atoms with Gasteiger partial charge in [0.15, 0.2) is 0 Å². The second kappa shape index (κ2) is 17.3. The third-order valence-electron chi connectivity index (χ3n) is 10.1. The fourth-order valence-corrected chi connectivity index (χ4v) is 11.4. The topological polar surface area (TPSA) is 263 Å². The van der Waals surface area contributed by atoms with Crippen molar-refractivity contribution in [2.75, 3.05) is 77.9 Å². The van der Waals surface area contributed by atoms with Crippen molar-refractivity contribution in [1.29, 1.82) is 0 Å². The number of morpholine rings is 2. The van der Waals surface area contributed by atoms with Crippen LogP contribution in [0.5, 0.6) is 11.5 Å². The van der Waals surface area contributed by atoms with Crippen molar-refractivity contribution in [3.05, 3.63) is 90.0 Å². The van der Waals surface area contributed by atoms with Crippen molar-refractivity contribution >= 4 is 85.0 Å².